The highest BCUT2D eigenvalue weighted by molar-refractivity contribution is 5.72. The van der Waals surface area contributed by atoms with E-state index in [1.807, 2.05) is 57.2 Å². The zero-order valence-electron chi connectivity index (χ0n) is 13.6. The Kier molecular flexibility index (Phi) is 3.94. The number of rotatable bonds is 2. The fourth-order valence-electron chi connectivity index (χ4n) is 2.26. The van der Waals surface area contributed by atoms with Gasteiger partial charge < -0.3 is 14.1 Å². The smallest absolute Gasteiger partial charge is 0.410 e. The molecule has 0 N–H and O–H groups in total. The Hall–Kier alpha value is -2.56. The van der Waals surface area contributed by atoms with Gasteiger partial charge >= 0.3 is 6.09 Å². The van der Waals surface area contributed by atoms with Crippen LogP contribution in [0, 0.1) is 0 Å². The lowest BCUT2D eigenvalue weighted by Crippen LogP contribution is -2.46. The van der Waals surface area contributed by atoms with E-state index in [2.05, 4.69) is 4.98 Å². The Balaban J connectivity index is 1.60. The van der Waals surface area contributed by atoms with Crippen LogP contribution in [0.5, 0.6) is 0 Å². The highest BCUT2D eigenvalue weighted by atomic mass is 16.6. The van der Waals surface area contributed by atoms with E-state index in [9.17, 15) is 4.79 Å². The van der Waals surface area contributed by atoms with Crippen LogP contribution in [0.2, 0.25) is 0 Å². The first-order valence-corrected chi connectivity index (χ1v) is 7.59. The number of amides is 1. The molecule has 5 nitrogen and oxygen atoms in total. The number of likely N-dealkylation sites (tertiary alicyclic amines) is 1. The molecule has 1 aromatic carbocycles. The van der Waals surface area contributed by atoms with Crippen molar-refractivity contribution in [1.82, 2.24) is 9.88 Å². The van der Waals surface area contributed by atoms with E-state index < -0.39 is 5.60 Å². The number of carbonyl (C=O) groups is 1. The maximum atomic E-state index is 11.9. The van der Waals surface area contributed by atoms with Crippen molar-refractivity contribution < 1.29 is 13.9 Å². The average Bonchev–Trinajstić information content (AvgIpc) is 2.90. The molecular formula is C18H20N2O3. The number of hydrogen-bond donors (Lipinski definition) is 0. The maximum absolute atomic E-state index is 11.9. The van der Waals surface area contributed by atoms with E-state index in [-0.39, 0.29) is 6.09 Å². The first-order chi connectivity index (χ1) is 10.9. The molecule has 0 bridgehead atoms. The summed E-state index contributed by atoms with van der Waals surface area (Å²) < 4.78 is 11.1. The van der Waals surface area contributed by atoms with Gasteiger partial charge in [-0.2, -0.15) is 0 Å². The van der Waals surface area contributed by atoms with Crippen molar-refractivity contribution in [2.45, 2.75) is 26.4 Å². The molecule has 0 unspecified atom stereocenters. The molecule has 1 aromatic heterocycles. The lowest BCUT2D eigenvalue weighted by molar-refractivity contribution is 0.0216. The third-order valence-electron chi connectivity index (χ3n) is 3.35. The van der Waals surface area contributed by atoms with Gasteiger partial charge in [0, 0.05) is 24.7 Å². The second-order valence-electron chi connectivity index (χ2n) is 6.57. The molecule has 120 valence electrons. The van der Waals surface area contributed by atoms with E-state index in [4.69, 9.17) is 9.15 Å². The number of oxazole rings is 1. The minimum absolute atomic E-state index is 0.285. The zero-order valence-corrected chi connectivity index (χ0v) is 13.6. The van der Waals surface area contributed by atoms with E-state index in [1.54, 1.807) is 11.1 Å². The highest BCUT2D eigenvalue weighted by Crippen LogP contribution is 2.24. The van der Waals surface area contributed by atoms with Gasteiger partial charge in [-0.25, -0.2) is 9.78 Å². The van der Waals surface area contributed by atoms with Gasteiger partial charge in [0.05, 0.1) is 6.20 Å². The van der Waals surface area contributed by atoms with Crippen LogP contribution in [0.1, 0.15) is 26.7 Å². The quantitative estimate of drug-likeness (QED) is 0.842. The van der Waals surface area contributed by atoms with Gasteiger partial charge in [0.25, 0.3) is 0 Å². The van der Waals surface area contributed by atoms with Crippen LogP contribution in [0.3, 0.4) is 0 Å². The van der Waals surface area contributed by atoms with Gasteiger partial charge in [0.1, 0.15) is 5.60 Å². The molecule has 2 aromatic rings. The summed E-state index contributed by atoms with van der Waals surface area (Å²) in [5.41, 5.74) is 1.62. The third kappa shape index (κ3) is 3.80. The molecule has 0 atom stereocenters. The first-order valence-electron chi connectivity index (χ1n) is 7.59. The van der Waals surface area contributed by atoms with E-state index in [0.717, 1.165) is 16.9 Å². The molecule has 1 saturated heterocycles. The number of carbonyl (C=O) groups excluding carboxylic acids is 1. The van der Waals surface area contributed by atoms with Crippen LogP contribution in [0.4, 0.5) is 4.79 Å². The highest BCUT2D eigenvalue weighted by Gasteiger charge is 2.29. The predicted octanol–water partition coefficient (Wildman–Crippen LogP) is 3.98. The SMILES string of the molecule is CC(C)(C)OC(=O)N1CC(=Cc2ncc(-c3ccccc3)o2)C1. The fourth-order valence-corrected chi connectivity index (χ4v) is 2.26. The Morgan fingerprint density at radius 1 is 1.26 bits per heavy atom. The molecule has 1 fully saturated rings. The lowest BCUT2D eigenvalue weighted by atomic mass is 10.1. The lowest BCUT2D eigenvalue weighted by Gasteiger charge is -2.35. The minimum atomic E-state index is -0.469. The molecule has 5 heteroatoms. The van der Waals surface area contributed by atoms with Crippen LogP contribution in [0.25, 0.3) is 17.4 Å². The van der Waals surface area contributed by atoms with E-state index >= 15 is 0 Å². The van der Waals surface area contributed by atoms with Crippen LogP contribution in [-0.4, -0.2) is 34.7 Å². The summed E-state index contributed by atoms with van der Waals surface area (Å²) in [5.74, 6) is 1.29. The first kappa shape index (κ1) is 15.3. The van der Waals surface area contributed by atoms with Crippen LogP contribution >= 0.6 is 0 Å². The van der Waals surface area contributed by atoms with Crippen molar-refractivity contribution >= 4 is 12.2 Å². The van der Waals surface area contributed by atoms with Gasteiger partial charge in [0.2, 0.25) is 5.89 Å². The topological polar surface area (TPSA) is 55.6 Å². The predicted molar refractivity (Wildman–Crippen MR) is 87.7 cm³/mol. The van der Waals surface area contributed by atoms with Gasteiger partial charge in [-0.3, -0.25) is 0 Å². The second-order valence-corrected chi connectivity index (χ2v) is 6.57. The summed E-state index contributed by atoms with van der Waals surface area (Å²) in [6.45, 7) is 6.69. The zero-order chi connectivity index (χ0) is 16.4. The molecule has 3 rings (SSSR count). The number of benzene rings is 1. The molecule has 0 aliphatic carbocycles. The number of hydrogen-bond acceptors (Lipinski definition) is 4. The molecule has 1 aliphatic heterocycles. The second kappa shape index (κ2) is 5.91. The normalized spacial score (nSPS) is 14.4. The van der Waals surface area contributed by atoms with Crippen LogP contribution < -0.4 is 0 Å². The third-order valence-corrected chi connectivity index (χ3v) is 3.35. The minimum Gasteiger partial charge on any atom is -0.444 e. The Bertz CT molecular complexity index is 718. The van der Waals surface area contributed by atoms with Crippen LogP contribution in [0.15, 0.2) is 46.5 Å². The molecule has 23 heavy (non-hydrogen) atoms. The Morgan fingerprint density at radius 2 is 1.96 bits per heavy atom. The largest absolute Gasteiger partial charge is 0.444 e. The summed E-state index contributed by atoms with van der Waals surface area (Å²) in [7, 11) is 0. The maximum Gasteiger partial charge on any atom is 0.410 e. The van der Waals surface area contributed by atoms with Gasteiger partial charge in [-0.1, -0.05) is 30.3 Å². The molecule has 2 heterocycles. The molecule has 0 saturated carbocycles. The van der Waals surface area contributed by atoms with Gasteiger partial charge in [-0.05, 0) is 26.3 Å². The summed E-state index contributed by atoms with van der Waals surface area (Å²) >= 11 is 0. The van der Waals surface area contributed by atoms with Crippen molar-refractivity contribution in [1.29, 1.82) is 0 Å². The van der Waals surface area contributed by atoms with Crippen molar-refractivity contribution in [2.75, 3.05) is 13.1 Å². The van der Waals surface area contributed by atoms with Crippen LogP contribution in [-0.2, 0) is 4.74 Å². The number of nitrogens with zero attached hydrogens (tertiary/aromatic N) is 2. The molecule has 1 aliphatic rings. The number of ether oxygens (including phenoxy) is 1. The standard InChI is InChI=1S/C18H20N2O3/c1-18(2,3)23-17(21)20-11-13(12-20)9-16-19-10-15(22-16)14-7-5-4-6-8-14/h4-10H,11-12H2,1-3H3. The fraction of sp³-hybridized carbons (Fsp3) is 0.333. The van der Waals surface area contributed by atoms with Crippen molar-refractivity contribution in [2.24, 2.45) is 0 Å². The Labute approximate surface area is 135 Å². The van der Waals surface area contributed by atoms with E-state index in [1.165, 1.54) is 0 Å². The summed E-state index contributed by atoms with van der Waals surface area (Å²) in [6.07, 6.45) is 3.31. The monoisotopic (exact) mass is 312 g/mol. The van der Waals surface area contributed by atoms with Gasteiger partial charge in [-0.15, -0.1) is 0 Å². The van der Waals surface area contributed by atoms with E-state index in [0.29, 0.717) is 19.0 Å². The number of aromatic nitrogens is 1. The summed E-state index contributed by atoms with van der Waals surface area (Å²) in [6, 6.07) is 9.83. The van der Waals surface area contributed by atoms with Crippen molar-refractivity contribution in [3.05, 3.63) is 48.0 Å². The van der Waals surface area contributed by atoms with Crippen molar-refractivity contribution in [3.63, 3.8) is 0 Å². The molecular weight excluding hydrogens is 292 g/mol. The van der Waals surface area contributed by atoms with Crippen molar-refractivity contribution in [3.8, 4) is 11.3 Å². The summed E-state index contributed by atoms with van der Waals surface area (Å²) in [4.78, 5) is 17.8. The summed E-state index contributed by atoms with van der Waals surface area (Å²) in [5, 5.41) is 0. The average molecular weight is 312 g/mol. The Morgan fingerprint density at radius 3 is 2.61 bits per heavy atom. The van der Waals surface area contributed by atoms with Gasteiger partial charge in [0.15, 0.2) is 5.76 Å². The molecule has 0 spiro atoms. The molecule has 0 radical (unpaired) electrons. The molecule has 1 amide bonds.